The Morgan fingerprint density at radius 1 is 1.40 bits per heavy atom. The van der Waals surface area contributed by atoms with Crippen LogP contribution in [0.4, 0.5) is 5.69 Å². The third kappa shape index (κ3) is 3.47. The number of benzene rings is 1. The lowest BCUT2D eigenvalue weighted by molar-refractivity contribution is -0.384. The van der Waals surface area contributed by atoms with Crippen LogP contribution >= 0.6 is 0 Å². The maximum Gasteiger partial charge on any atom is 0.273 e. The van der Waals surface area contributed by atoms with E-state index in [-0.39, 0.29) is 5.69 Å². The van der Waals surface area contributed by atoms with Crippen LogP contribution in [0.2, 0.25) is 0 Å². The normalized spacial score (nSPS) is 10.2. The number of nitrogens with zero attached hydrogens (tertiary/aromatic N) is 3. The Labute approximate surface area is 115 Å². The van der Waals surface area contributed by atoms with E-state index in [1.807, 2.05) is 10.8 Å². The van der Waals surface area contributed by atoms with Crippen LogP contribution in [-0.4, -0.2) is 28.2 Å². The number of hydrogen-bond acceptors (Lipinski definition) is 5. The van der Waals surface area contributed by atoms with E-state index in [0.29, 0.717) is 18.1 Å². The molecular formula is C13H15N3O4. The zero-order valence-electron chi connectivity index (χ0n) is 11.1. The topological polar surface area (TPSA) is 79.4 Å². The average Bonchev–Trinajstić information content (AvgIpc) is 2.96. The van der Waals surface area contributed by atoms with Crippen LogP contribution in [0.15, 0.2) is 36.9 Å². The molecule has 2 rings (SSSR count). The summed E-state index contributed by atoms with van der Waals surface area (Å²) in [4.78, 5) is 14.2. The Hall–Kier alpha value is -2.57. The largest absolute Gasteiger partial charge is 0.493 e. The van der Waals surface area contributed by atoms with Gasteiger partial charge in [-0.15, -0.1) is 0 Å². The van der Waals surface area contributed by atoms with Crippen molar-refractivity contribution in [2.45, 2.75) is 13.0 Å². The third-order valence-electron chi connectivity index (χ3n) is 2.74. The van der Waals surface area contributed by atoms with E-state index in [9.17, 15) is 10.1 Å². The molecular weight excluding hydrogens is 262 g/mol. The lowest BCUT2D eigenvalue weighted by Gasteiger charge is -2.10. The summed E-state index contributed by atoms with van der Waals surface area (Å²) in [6.07, 6.45) is 6.15. The Morgan fingerprint density at radius 2 is 2.25 bits per heavy atom. The molecule has 0 radical (unpaired) electrons. The van der Waals surface area contributed by atoms with E-state index in [1.54, 1.807) is 18.6 Å². The molecule has 0 aliphatic heterocycles. The van der Waals surface area contributed by atoms with Gasteiger partial charge in [-0.1, -0.05) is 0 Å². The van der Waals surface area contributed by atoms with E-state index in [1.165, 1.54) is 19.2 Å². The van der Waals surface area contributed by atoms with Gasteiger partial charge in [0.1, 0.15) is 0 Å². The highest BCUT2D eigenvalue weighted by atomic mass is 16.6. The maximum atomic E-state index is 10.7. The number of methoxy groups -OCH3 is 1. The fourth-order valence-corrected chi connectivity index (χ4v) is 1.74. The van der Waals surface area contributed by atoms with Gasteiger partial charge < -0.3 is 14.0 Å². The Bertz CT molecular complexity index is 569. The van der Waals surface area contributed by atoms with Gasteiger partial charge in [0.15, 0.2) is 11.5 Å². The first-order chi connectivity index (χ1) is 9.70. The van der Waals surface area contributed by atoms with Crippen molar-refractivity contribution >= 4 is 5.69 Å². The zero-order valence-corrected chi connectivity index (χ0v) is 11.1. The quantitative estimate of drug-likeness (QED) is 0.440. The number of imidazole rings is 1. The number of aromatic nitrogens is 2. The van der Waals surface area contributed by atoms with Crippen LogP contribution in [0, 0.1) is 10.1 Å². The van der Waals surface area contributed by atoms with Crippen molar-refractivity contribution in [2.75, 3.05) is 13.7 Å². The molecule has 1 aromatic heterocycles. The fourth-order valence-electron chi connectivity index (χ4n) is 1.74. The molecule has 1 heterocycles. The van der Waals surface area contributed by atoms with Crippen LogP contribution in [0.25, 0.3) is 0 Å². The Morgan fingerprint density at radius 3 is 2.90 bits per heavy atom. The van der Waals surface area contributed by atoms with E-state index in [2.05, 4.69) is 4.98 Å². The van der Waals surface area contributed by atoms with E-state index in [4.69, 9.17) is 9.47 Å². The van der Waals surface area contributed by atoms with Gasteiger partial charge in [0.2, 0.25) is 0 Å². The summed E-state index contributed by atoms with van der Waals surface area (Å²) in [6.45, 7) is 1.29. The molecule has 0 bridgehead atoms. The van der Waals surface area contributed by atoms with Crippen molar-refractivity contribution in [3.63, 3.8) is 0 Å². The number of aryl methyl sites for hydroxylation is 1. The number of hydrogen-bond donors (Lipinski definition) is 0. The molecule has 0 atom stereocenters. The van der Waals surface area contributed by atoms with Crippen LogP contribution in [-0.2, 0) is 6.54 Å². The lowest BCUT2D eigenvalue weighted by Crippen LogP contribution is -2.04. The molecule has 0 saturated heterocycles. The van der Waals surface area contributed by atoms with Gasteiger partial charge in [-0.3, -0.25) is 10.1 Å². The fraction of sp³-hybridized carbons (Fsp3) is 0.308. The molecule has 0 fully saturated rings. The van der Waals surface area contributed by atoms with Crippen molar-refractivity contribution in [1.82, 2.24) is 9.55 Å². The molecule has 1 aromatic carbocycles. The van der Waals surface area contributed by atoms with Crippen molar-refractivity contribution in [2.24, 2.45) is 0 Å². The van der Waals surface area contributed by atoms with Crippen molar-refractivity contribution in [3.8, 4) is 11.5 Å². The summed E-state index contributed by atoms with van der Waals surface area (Å²) < 4.78 is 12.6. The summed E-state index contributed by atoms with van der Waals surface area (Å²) in [6, 6.07) is 4.30. The van der Waals surface area contributed by atoms with E-state index < -0.39 is 4.92 Å². The highest BCUT2D eigenvalue weighted by molar-refractivity contribution is 5.48. The Kier molecular flexibility index (Phi) is 4.54. The summed E-state index contributed by atoms with van der Waals surface area (Å²) in [7, 11) is 1.46. The van der Waals surface area contributed by atoms with Gasteiger partial charge in [-0.05, 0) is 12.5 Å². The zero-order chi connectivity index (χ0) is 14.4. The van der Waals surface area contributed by atoms with Crippen LogP contribution in [0.1, 0.15) is 6.42 Å². The second-order valence-corrected chi connectivity index (χ2v) is 4.09. The first-order valence-corrected chi connectivity index (χ1v) is 6.11. The van der Waals surface area contributed by atoms with Crippen LogP contribution in [0.5, 0.6) is 11.5 Å². The second-order valence-electron chi connectivity index (χ2n) is 4.09. The van der Waals surface area contributed by atoms with Crippen molar-refractivity contribution in [1.29, 1.82) is 0 Å². The SMILES string of the molecule is COc1cc([N+](=O)[O-])ccc1OCCCn1ccnc1. The monoisotopic (exact) mass is 277 g/mol. The van der Waals surface area contributed by atoms with Gasteiger partial charge in [0.25, 0.3) is 5.69 Å². The van der Waals surface area contributed by atoms with E-state index in [0.717, 1.165) is 13.0 Å². The molecule has 0 spiro atoms. The van der Waals surface area contributed by atoms with Crippen molar-refractivity contribution < 1.29 is 14.4 Å². The smallest absolute Gasteiger partial charge is 0.273 e. The molecule has 7 heteroatoms. The molecule has 20 heavy (non-hydrogen) atoms. The van der Waals surface area contributed by atoms with Crippen molar-refractivity contribution in [3.05, 3.63) is 47.0 Å². The van der Waals surface area contributed by atoms with Gasteiger partial charge in [-0.2, -0.15) is 0 Å². The summed E-state index contributed by atoms with van der Waals surface area (Å²) >= 11 is 0. The number of nitro groups is 1. The highest BCUT2D eigenvalue weighted by Gasteiger charge is 2.12. The summed E-state index contributed by atoms with van der Waals surface area (Å²) in [5.74, 6) is 0.866. The first kappa shape index (κ1) is 13.9. The number of non-ortho nitro benzene ring substituents is 1. The summed E-state index contributed by atoms with van der Waals surface area (Å²) in [5.41, 5.74) is -0.0207. The number of nitro benzene ring substituents is 1. The predicted octanol–water partition coefficient (Wildman–Crippen LogP) is 2.27. The van der Waals surface area contributed by atoms with Gasteiger partial charge in [0.05, 0.1) is 31.0 Å². The van der Waals surface area contributed by atoms with Gasteiger partial charge in [0, 0.05) is 25.0 Å². The highest BCUT2D eigenvalue weighted by Crippen LogP contribution is 2.31. The number of ether oxygens (including phenoxy) is 2. The molecule has 0 N–H and O–H groups in total. The maximum absolute atomic E-state index is 10.7. The van der Waals surface area contributed by atoms with Gasteiger partial charge >= 0.3 is 0 Å². The predicted molar refractivity (Wildman–Crippen MR) is 72.0 cm³/mol. The molecule has 0 aliphatic rings. The third-order valence-corrected chi connectivity index (χ3v) is 2.74. The molecule has 0 unspecified atom stereocenters. The second kappa shape index (κ2) is 6.55. The molecule has 106 valence electrons. The minimum absolute atomic E-state index is 0.0207. The molecule has 0 saturated carbocycles. The minimum Gasteiger partial charge on any atom is -0.493 e. The van der Waals surface area contributed by atoms with Crippen LogP contribution < -0.4 is 9.47 Å². The van der Waals surface area contributed by atoms with Gasteiger partial charge in [-0.25, -0.2) is 4.98 Å². The first-order valence-electron chi connectivity index (χ1n) is 6.11. The molecule has 2 aromatic rings. The summed E-state index contributed by atoms with van der Waals surface area (Å²) in [5, 5.41) is 10.7. The Balaban J connectivity index is 1.90. The lowest BCUT2D eigenvalue weighted by atomic mass is 10.3. The molecule has 0 amide bonds. The molecule has 0 aliphatic carbocycles. The average molecular weight is 277 g/mol. The van der Waals surface area contributed by atoms with E-state index >= 15 is 0 Å². The van der Waals surface area contributed by atoms with Crippen LogP contribution in [0.3, 0.4) is 0 Å². The minimum atomic E-state index is -0.467. The standard InChI is InChI=1S/C13H15N3O4/c1-19-13-9-11(16(17)18)3-4-12(13)20-8-2-6-15-7-5-14-10-15/h3-5,7,9-10H,2,6,8H2,1H3. The number of rotatable bonds is 7. The molecule has 7 nitrogen and oxygen atoms in total.